The van der Waals surface area contributed by atoms with E-state index in [1.54, 1.807) is 6.20 Å². The Kier molecular flexibility index (Phi) is 1.67. The molecule has 3 aromatic heterocycles. The van der Waals surface area contributed by atoms with Crippen LogP contribution in [0.4, 0.5) is 0 Å². The van der Waals surface area contributed by atoms with Crippen LogP contribution in [0.25, 0.3) is 33.6 Å². The minimum Gasteiger partial charge on any atom is -0.417 e. The molecule has 0 atom stereocenters. The van der Waals surface area contributed by atoms with Crippen molar-refractivity contribution in [2.45, 2.75) is 6.54 Å². The zero-order chi connectivity index (χ0) is 13.3. The number of hydrogen-bond donors (Lipinski definition) is 0. The number of aromatic nitrogens is 3. The fraction of sp³-hybridized carbons (Fsp3) is 0.125. The average Bonchev–Trinajstić information content (AvgIpc) is 3.10. The van der Waals surface area contributed by atoms with Crippen LogP contribution in [0.1, 0.15) is 5.56 Å². The Labute approximate surface area is 114 Å². The van der Waals surface area contributed by atoms with Gasteiger partial charge < -0.3 is 4.42 Å². The van der Waals surface area contributed by atoms with Crippen LogP contribution >= 0.6 is 0 Å². The Morgan fingerprint density at radius 2 is 2.15 bits per heavy atom. The van der Waals surface area contributed by atoms with Crippen molar-refractivity contribution < 1.29 is 8.98 Å². The summed E-state index contributed by atoms with van der Waals surface area (Å²) < 4.78 is 10.5. The van der Waals surface area contributed by atoms with Crippen LogP contribution < -0.4 is 4.57 Å². The van der Waals surface area contributed by atoms with E-state index in [9.17, 15) is 0 Å². The highest BCUT2D eigenvalue weighted by Gasteiger charge is 2.35. The van der Waals surface area contributed by atoms with Crippen LogP contribution in [0.15, 0.2) is 47.1 Å². The average molecular weight is 262 g/mol. The third kappa shape index (κ3) is 1.04. The molecule has 0 spiro atoms. The summed E-state index contributed by atoms with van der Waals surface area (Å²) in [6, 6.07) is 10.6. The molecule has 96 valence electrons. The minimum absolute atomic E-state index is 0.847. The molecule has 0 aliphatic carbocycles. The number of hydrogen-bond acceptors (Lipinski definition) is 2. The molecule has 0 fully saturated rings. The number of rotatable bonds is 0. The lowest BCUT2D eigenvalue weighted by Gasteiger charge is -1.93. The summed E-state index contributed by atoms with van der Waals surface area (Å²) in [7, 11) is 2.06. The van der Waals surface area contributed by atoms with Crippen molar-refractivity contribution in [3.63, 3.8) is 0 Å². The number of nitrogens with zero attached hydrogens (tertiary/aromatic N) is 3. The fourth-order valence-corrected chi connectivity index (χ4v) is 3.32. The lowest BCUT2D eigenvalue weighted by Crippen LogP contribution is -2.29. The molecule has 4 heteroatoms. The second kappa shape index (κ2) is 3.28. The maximum atomic E-state index is 5.98. The first-order valence-corrected chi connectivity index (χ1v) is 6.67. The molecule has 5 rings (SSSR count). The Balaban J connectivity index is 1.99. The van der Waals surface area contributed by atoms with Gasteiger partial charge in [0.05, 0.1) is 24.2 Å². The Hall–Kier alpha value is -2.62. The zero-order valence-corrected chi connectivity index (χ0v) is 11.0. The standard InChI is InChI=1S/C16H12N3O/c1-18-15-11-5-3-2-4-10(11)9-19(15)14-12-6-7-17-8-13(12)20-16(14)18/h2-8H,9H2,1H3/q+1. The number of fused-ring (bicyclic) bond motifs is 7. The topological polar surface area (TPSA) is 34.8 Å². The Morgan fingerprint density at radius 3 is 3.10 bits per heavy atom. The number of furan rings is 1. The van der Waals surface area contributed by atoms with E-state index in [0.717, 1.165) is 28.7 Å². The monoisotopic (exact) mass is 262 g/mol. The van der Waals surface area contributed by atoms with Crippen LogP contribution in [0.3, 0.4) is 0 Å². The van der Waals surface area contributed by atoms with Gasteiger partial charge in [0.15, 0.2) is 5.58 Å². The van der Waals surface area contributed by atoms with Crippen molar-refractivity contribution in [3.8, 4) is 11.4 Å². The van der Waals surface area contributed by atoms with Crippen molar-refractivity contribution in [2.24, 2.45) is 7.05 Å². The van der Waals surface area contributed by atoms with Gasteiger partial charge in [-0.3, -0.25) is 4.98 Å². The smallest absolute Gasteiger partial charge is 0.339 e. The summed E-state index contributed by atoms with van der Waals surface area (Å²) in [5, 5.41) is 1.13. The van der Waals surface area contributed by atoms with E-state index in [1.807, 2.05) is 12.3 Å². The molecule has 0 amide bonds. The molecule has 4 nitrogen and oxygen atoms in total. The zero-order valence-electron chi connectivity index (χ0n) is 11.0. The van der Waals surface area contributed by atoms with Crippen molar-refractivity contribution in [3.05, 3.63) is 48.3 Å². The summed E-state index contributed by atoms with van der Waals surface area (Å²) in [5.74, 6) is 1.22. The van der Waals surface area contributed by atoms with Crippen LogP contribution in [-0.2, 0) is 13.6 Å². The first-order chi connectivity index (χ1) is 9.84. The van der Waals surface area contributed by atoms with Crippen molar-refractivity contribution in [1.82, 2.24) is 9.55 Å². The van der Waals surface area contributed by atoms with E-state index in [4.69, 9.17) is 4.42 Å². The molecule has 0 saturated heterocycles. The van der Waals surface area contributed by atoms with E-state index >= 15 is 0 Å². The molecule has 0 radical (unpaired) electrons. The fourth-order valence-electron chi connectivity index (χ4n) is 3.32. The van der Waals surface area contributed by atoms with E-state index < -0.39 is 0 Å². The third-order valence-corrected chi connectivity index (χ3v) is 4.18. The number of pyridine rings is 1. The lowest BCUT2D eigenvalue weighted by atomic mass is 10.1. The molecule has 1 aromatic carbocycles. The van der Waals surface area contributed by atoms with E-state index in [2.05, 4.69) is 45.4 Å². The molecular formula is C16H12N3O+. The van der Waals surface area contributed by atoms with Crippen LogP contribution in [0, 0.1) is 0 Å². The highest BCUT2D eigenvalue weighted by atomic mass is 16.3. The minimum atomic E-state index is 0.847. The van der Waals surface area contributed by atoms with Gasteiger partial charge in [-0.15, -0.1) is 0 Å². The molecule has 0 saturated carbocycles. The summed E-state index contributed by atoms with van der Waals surface area (Å²) >= 11 is 0. The molecule has 0 bridgehead atoms. The molecular weight excluding hydrogens is 250 g/mol. The largest absolute Gasteiger partial charge is 0.417 e. The maximum Gasteiger partial charge on any atom is 0.339 e. The summed E-state index contributed by atoms with van der Waals surface area (Å²) in [6.07, 6.45) is 3.60. The van der Waals surface area contributed by atoms with Crippen LogP contribution in [0.2, 0.25) is 0 Å². The van der Waals surface area contributed by atoms with Crippen molar-refractivity contribution in [2.75, 3.05) is 0 Å². The van der Waals surface area contributed by atoms with Crippen molar-refractivity contribution in [1.29, 1.82) is 0 Å². The second-order valence-electron chi connectivity index (χ2n) is 5.25. The summed E-state index contributed by atoms with van der Waals surface area (Å²) in [5.41, 5.74) is 5.58. The van der Waals surface area contributed by atoms with Gasteiger partial charge in [0.2, 0.25) is 5.52 Å². The predicted octanol–water partition coefficient (Wildman–Crippen LogP) is 2.64. The molecule has 1 aliphatic rings. The van der Waals surface area contributed by atoms with E-state index in [1.165, 1.54) is 17.0 Å². The third-order valence-electron chi connectivity index (χ3n) is 4.18. The van der Waals surface area contributed by atoms with Gasteiger partial charge in [0, 0.05) is 11.8 Å². The molecule has 0 unspecified atom stereocenters. The highest BCUT2D eigenvalue weighted by molar-refractivity contribution is 6.01. The molecule has 0 N–H and O–H groups in total. The van der Waals surface area contributed by atoms with Crippen molar-refractivity contribution >= 4 is 22.2 Å². The van der Waals surface area contributed by atoms with Crippen LogP contribution in [0.5, 0.6) is 0 Å². The van der Waals surface area contributed by atoms with E-state index in [-0.39, 0.29) is 0 Å². The Bertz CT molecular complexity index is 994. The Morgan fingerprint density at radius 1 is 1.25 bits per heavy atom. The number of benzene rings is 1. The SMILES string of the molecule is C[n+]1c2n(c3c4ccncc4oc31)Cc1ccccc1-2. The van der Waals surface area contributed by atoms with Gasteiger partial charge in [-0.1, -0.05) is 18.2 Å². The quantitative estimate of drug-likeness (QED) is 0.402. The molecule has 1 aliphatic heterocycles. The summed E-state index contributed by atoms with van der Waals surface area (Å²) in [4.78, 5) is 4.14. The van der Waals surface area contributed by atoms with Gasteiger partial charge in [-0.05, 0) is 12.1 Å². The van der Waals surface area contributed by atoms with Gasteiger partial charge >= 0.3 is 5.71 Å². The summed E-state index contributed by atoms with van der Waals surface area (Å²) in [6.45, 7) is 0.903. The normalized spacial score (nSPS) is 13.1. The molecule has 4 aromatic rings. The molecule has 4 heterocycles. The first kappa shape index (κ1) is 10.2. The second-order valence-corrected chi connectivity index (χ2v) is 5.25. The van der Waals surface area contributed by atoms with Gasteiger partial charge in [0.1, 0.15) is 6.54 Å². The first-order valence-electron chi connectivity index (χ1n) is 6.67. The highest BCUT2D eigenvalue weighted by Crippen LogP contribution is 2.36. The predicted molar refractivity (Wildman–Crippen MR) is 75.2 cm³/mol. The molecule has 20 heavy (non-hydrogen) atoms. The maximum absolute atomic E-state index is 5.98. The number of imidazole rings is 1. The van der Waals surface area contributed by atoms with Gasteiger partial charge in [-0.25, -0.2) is 4.57 Å². The van der Waals surface area contributed by atoms with Crippen LogP contribution in [-0.4, -0.2) is 9.55 Å². The van der Waals surface area contributed by atoms with E-state index in [0.29, 0.717) is 0 Å². The van der Waals surface area contributed by atoms with Gasteiger partial charge in [-0.2, -0.15) is 4.57 Å². The lowest BCUT2D eigenvalue weighted by molar-refractivity contribution is -0.640. The van der Waals surface area contributed by atoms with Gasteiger partial charge in [0.25, 0.3) is 5.82 Å². The number of aryl methyl sites for hydroxylation is 1.